The lowest BCUT2D eigenvalue weighted by Gasteiger charge is -2.03. The van der Waals surface area contributed by atoms with Gasteiger partial charge in [-0.3, -0.25) is 9.79 Å². The number of halogens is 1. The van der Waals surface area contributed by atoms with E-state index >= 15 is 0 Å². The second-order valence-corrected chi connectivity index (χ2v) is 6.87. The SMILES string of the molecule is O=C(Nc1ccc(N=Cc2ccc(Br)cc2)cc1)c1cc2ccccc2o1. The number of nitrogens with zero attached hydrogens (tertiary/aromatic N) is 1. The normalized spacial score (nSPS) is 11.1. The average Bonchev–Trinajstić information content (AvgIpc) is 3.13. The molecule has 0 saturated carbocycles. The molecule has 4 nitrogen and oxygen atoms in total. The molecule has 5 heteroatoms. The summed E-state index contributed by atoms with van der Waals surface area (Å²) in [5.41, 5.74) is 3.20. The number of fused-ring (bicyclic) bond motifs is 1. The number of para-hydroxylation sites is 1. The van der Waals surface area contributed by atoms with Gasteiger partial charge < -0.3 is 9.73 Å². The van der Waals surface area contributed by atoms with Crippen molar-refractivity contribution < 1.29 is 9.21 Å². The third kappa shape index (κ3) is 4.15. The molecule has 0 aliphatic rings. The molecule has 0 aliphatic carbocycles. The van der Waals surface area contributed by atoms with E-state index in [9.17, 15) is 4.79 Å². The molecule has 1 N–H and O–H groups in total. The highest BCUT2D eigenvalue weighted by Gasteiger charge is 2.12. The molecular weight excluding hydrogens is 404 g/mol. The Morgan fingerprint density at radius 2 is 1.70 bits per heavy atom. The van der Waals surface area contributed by atoms with Gasteiger partial charge in [-0.1, -0.05) is 46.3 Å². The van der Waals surface area contributed by atoms with Gasteiger partial charge in [0, 0.05) is 21.8 Å². The van der Waals surface area contributed by atoms with Crippen molar-refractivity contribution in [1.82, 2.24) is 0 Å². The fourth-order valence-corrected chi connectivity index (χ4v) is 2.88. The Bertz CT molecular complexity index is 1080. The van der Waals surface area contributed by atoms with Crippen LogP contribution in [0.15, 0.2) is 92.7 Å². The molecule has 1 heterocycles. The van der Waals surface area contributed by atoms with E-state index in [1.807, 2.05) is 72.8 Å². The van der Waals surface area contributed by atoms with Crippen molar-refractivity contribution in [3.8, 4) is 0 Å². The number of furan rings is 1. The number of benzene rings is 3. The zero-order valence-corrected chi connectivity index (χ0v) is 15.8. The minimum Gasteiger partial charge on any atom is -0.451 e. The van der Waals surface area contributed by atoms with Crippen LogP contribution in [0.4, 0.5) is 11.4 Å². The third-order valence-corrected chi connectivity index (χ3v) is 4.54. The fraction of sp³-hybridized carbons (Fsp3) is 0. The van der Waals surface area contributed by atoms with Crippen LogP contribution in [-0.2, 0) is 0 Å². The maximum absolute atomic E-state index is 12.4. The summed E-state index contributed by atoms with van der Waals surface area (Å²) in [6.45, 7) is 0. The van der Waals surface area contributed by atoms with Gasteiger partial charge in [0.05, 0.1) is 5.69 Å². The van der Waals surface area contributed by atoms with Crippen molar-refractivity contribution in [1.29, 1.82) is 0 Å². The van der Waals surface area contributed by atoms with Crippen molar-refractivity contribution in [3.05, 3.63) is 94.7 Å². The molecular formula is C22H15BrN2O2. The number of amides is 1. The molecule has 0 unspecified atom stereocenters. The first-order valence-corrected chi connectivity index (χ1v) is 9.16. The molecule has 0 spiro atoms. The van der Waals surface area contributed by atoms with Crippen LogP contribution < -0.4 is 5.32 Å². The average molecular weight is 419 g/mol. The van der Waals surface area contributed by atoms with Crippen molar-refractivity contribution >= 4 is 50.4 Å². The van der Waals surface area contributed by atoms with Crippen LogP contribution in [-0.4, -0.2) is 12.1 Å². The first-order chi connectivity index (χ1) is 13.2. The monoisotopic (exact) mass is 418 g/mol. The fourth-order valence-electron chi connectivity index (χ4n) is 2.62. The zero-order valence-electron chi connectivity index (χ0n) is 14.2. The molecule has 27 heavy (non-hydrogen) atoms. The number of anilines is 1. The summed E-state index contributed by atoms with van der Waals surface area (Å²) in [5.74, 6) is 0.00542. The van der Waals surface area contributed by atoms with Crippen molar-refractivity contribution in [2.24, 2.45) is 4.99 Å². The molecule has 0 fully saturated rings. The molecule has 4 rings (SSSR count). The molecule has 0 bridgehead atoms. The van der Waals surface area contributed by atoms with Gasteiger partial charge in [-0.15, -0.1) is 0 Å². The van der Waals surface area contributed by atoms with Crippen molar-refractivity contribution in [2.45, 2.75) is 0 Å². The first-order valence-electron chi connectivity index (χ1n) is 8.37. The van der Waals surface area contributed by atoms with E-state index in [0.717, 1.165) is 21.1 Å². The molecule has 0 radical (unpaired) electrons. The molecule has 3 aromatic carbocycles. The number of aliphatic imine (C=N–C) groups is 1. The predicted molar refractivity (Wildman–Crippen MR) is 112 cm³/mol. The Hall–Kier alpha value is -3.18. The smallest absolute Gasteiger partial charge is 0.291 e. The Balaban J connectivity index is 1.44. The minimum atomic E-state index is -0.280. The van der Waals surface area contributed by atoms with Crippen LogP contribution in [0.25, 0.3) is 11.0 Å². The Labute approximate surface area is 164 Å². The van der Waals surface area contributed by atoms with E-state index in [1.165, 1.54) is 0 Å². The Morgan fingerprint density at radius 3 is 2.44 bits per heavy atom. The molecule has 0 saturated heterocycles. The first kappa shape index (κ1) is 17.2. The summed E-state index contributed by atoms with van der Waals surface area (Å²) in [5, 5.41) is 3.74. The van der Waals surface area contributed by atoms with Crippen LogP contribution in [0, 0.1) is 0 Å². The maximum atomic E-state index is 12.4. The molecule has 0 aliphatic heterocycles. The summed E-state index contributed by atoms with van der Waals surface area (Å²) in [6, 6.07) is 24.5. The summed E-state index contributed by atoms with van der Waals surface area (Å²) in [6.07, 6.45) is 1.80. The minimum absolute atomic E-state index is 0.280. The summed E-state index contributed by atoms with van der Waals surface area (Å²) in [4.78, 5) is 16.8. The van der Waals surface area contributed by atoms with Crippen LogP contribution in [0.5, 0.6) is 0 Å². The van der Waals surface area contributed by atoms with Crippen molar-refractivity contribution in [3.63, 3.8) is 0 Å². The summed E-state index contributed by atoms with van der Waals surface area (Å²) in [7, 11) is 0. The summed E-state index contributed by atoms with van der Waals surface area (Å²) < 4.78 is 6.61. The van der Waals surface area contributed by atoms with Gasteiger partial charge in [-0.2, -0.15) is 0 Å². The van der Waals surface area contributed by atoms with Crippen LogP contribution >= 0.6 is 15.9 Å². The third-order valence-electron chi connectivity index (χ3n) is 4.01. The number of carbonyl (C=O) groups is 1. The van der Waals surface area contributed by atoms with Gasteiger partial charge in [0.2, 0.25) is 0 Å². The highest BCUT2D eigenvalue weighted by atomic mass is 79.9. The lowest BCUT2D eigenvalue weighted by atomic mass is 10.2. The number of rotatable bonds is 4. The predicted octanol–water partition coefficient (Wildman–Crippen LogP) is 6.20. The van der Waals surface area contributed by atoms with Crippen molar-refractivity contribution in [2.75, 3.05) is 5.32 Å². The lowest BCUT2D eigenvalue weighted by Crippen LogP contribution is -2.10. The largest absolute Gasteiger partial charge is 0.451 e. The van der Waals surface area contributed by atoms with Gasteiger partial charge in [0.15, 0.2) is 5.76 Å². The molecule has 1 aromatic heterocycles. The quantitative estimate of drug-likeness (QED) is 0.401. The van der Waals surface area contributed by atoms with Gasteiger partial charge in [0.25, 0.3) is 5.91 Å². The number of carbonyl (C=O) groups excluding carboxylic acids is 1. The van der Waals surface area contributed by atoms with Gasteiger partial charge in [-0.25, -0.2) is 0 Å². The van der Waals surface area contributed by atoms with Crippen LogP contribution in [0.3, 0.4) is 0 Å². The molecule has 1 amide bonds. The Kier molecular flexibility index (Phi) is 4.85. The van der Waals surface area contributed by atoms with E-state index in [2.05, 4.69) is 26.2 Å². The Morgan fingerprint density at radius 1 is 0.963 bits per heavy atom. The van der Waals surface area contributed by atoms with Crippen LogP contribution in [0.1, 0.15) is 16.1 Å². The number of hydrogen-bond donors (Lipinski definition) is 1. The van der Waals surface area contributed by atoms with E-state index in [4.69, 9.17) is 4.42 Å². The van der Waals surface area contributed by atoms with E-state index < -0.39 is 0 Å². The van der Waals surface area contributed by atoms with Gasteiger partial charge in [0.1, 0.15) is 5.58 Å². The van der Waals surface area contributed by atoms with Crippen LogP contribution in [0.2, 0.25) is 0 Å². The van der Waals surface area contributed by atoms with E-state index in [-0.39, 0.29) is 11.7 Å². The summed E-state index contributed by atoms with van der Waals surface area (Å²) >= 11 is 3.41. The lowest BCUT2D eigenvalue weighted by molar-refractivity contribution is 0.0998. The topological polar surface area (TPSA) is 54.6 Å². The van der Waals surface area contributed by atoms with Gasteiger partial charge >= 0.3 is 0 Å². The highest BCUT2D eigenvalue weighted by Crippen LogP contribution is 2.21. The molecule has 132 valence electrons. The maximum Gasteiger partial charge on any atom is 0.291 e. The van der Waals surface area contributed by atoms with Gasteiger partial charge in [-0.05, 0) is 54.1 Å². The molecule has 4 aromatic rings. The standard InChI is InChI=1S/C22H15BrN2O2/c23-17-7-5-15(6-8-17)14-24-18-9-11-19(12-10-18)25-22(26)21-13-16-3-1-2-4-20(16)27-21/h1-14H,(H,25,26). The van der Waals surface area contributed by atoms with E-state index in [0.29, 0.717) is 11.3 Å². The zero-order chi connectivity index (χ0) is 18.6. The number of nitrogens with one attached hydrogen (secondary N) is 1. The molecule has 0 atom stereocenters. The number of hydrogen-bond acceptors (Lipinski definition) is 3. The second kappa shape index (κ2) is 7.60. The highest BCUT2D eigenvalue weighted by molar-refractivity contribution is 9.10. The van der Waals surface area contributed by atoms with E-state index in [1.54, 1.807) is 12.3 Å². The second-order valence-electron chi connectivity index (χ2n) is 5.96.